The smallest absolute Gasteiger partial charge is 0.311 e. The van der Waals surface area contributed by atoms with E-state index in [2.05, 4.69) is 41.6 Å². The lowest BCUT2D eigenvalue weighted by Gasteiger charge is -2.01. The first kappa shape index (κ1) is 10.7. The highest BCUT2D eigenvalue weighted by Gasteiger charge is 2.07. The molecule has 0 aliphatic rings. The minimum atomic E-state index is -0.296. The Morgan fingerprint density at radius 2 is 2.31 bits per heavy atom. The number of rotatable bonds is 2. The first-order valence-corrected chi connectivity index (χ1v) is 5.09. The summed E-state index contributed by atoms with van der Waals surface area (Å²) in [5, 5.41) is 0. The molecule has 0 aromatic carbocycles. The summed E-state index contributed by atoms with van der Waals surface area (Å²) in [6.07, 6.45) is 1.83. The maximum atomic E-state index is 10.9. The molecular weight excluding hydrogens is 302 g/mol. The molecule has 0 amide bonds. The topological polar surface area (TPSA) is 39.2 Å². The van der Waals surface area contributed by atoms with Gasteiger partial charge < -0.3 is 4.74 Å². The Labute approximate surface area is 92.8 Å². The number of halogens is 2. The Morgan fingerprint density at radius 1 is 1.62 bits per heavy atom. The zero-order valence-corrected chi connectivity index (χ0v) is 10.1. The predicted molar refractivity (Wildman–Crippen MR) is 55.4 cm³/mol. The number of ether oxygens (including phenoxy) is 1. The Kier molecular flexibility index (Phi) is 3.87. The predicted octanol–water partition coefficient (Wildman–Crippen LogP) is 2.32. The van der Waals surface area contributed by atoms with Gasteiger partial charge in [0, 0.05) is 15.1 Å². The van der Waals surface area contributed by atoms with E-state index in [-0.39, 0.29) is 12.4 Å². The molecule has 0 spiro atoms. The molecule has 0 N–H and O–H groups in total. The quantitative estimate of drug-likeness (QED) is 0.787. The van der Waals surface area contributed by atoms with E-state index < -0.39 is 0 Å². The minimum absolute atomic E-state index is 0.185. The van der Waals surface area contributed by atoms with Crippen LogP contribution in [-0.4, -0.2) is 18.1 Å². The van der Waals surface area contributed by atoms with Gasteiger partial charge in [-0.1, -0.05) is 0 Å². The number of carbonyl (C=O) groups is 1. The average molecular weight is 309 g/mol. The molecule has 0 bridgehead atoms. The third-order valence-electron chi connectivity index (χ3n) is 1.42. The van der Waals surface area contributed by atoms with Gasteiger partial charge in [0.1, 0.15) is 0 Å². The van der Waals surface area contributed by atoms with Gasteiger partial charge in [0.2, 0.25) is 0 Å². The fraction of sp³-hybridized carbons (Fsp3) is 0.250. The number of aromatic nitrogens is 1. The number of esters is 1. The number of pyridine rings is 1. The maximum absolute atomic E-state index is 10.9. The van der Waals surface area contributed by atoms with Crippen LogP contribution in [0, 0.1) is 0 Å². The highest BCUT2D eigenvalue weighted by Crippen LogP contribution is 2.19. The average Bonchev–Trinajstić information content (AvgIpc) is 2.09. The summed E-state index contributed by atoms with van der Waals surface area (Å²) in [6, 6.07) is 1.84. The van der Waals surface area contributed by atoms with E-state index in [0.717, 1.165) is 8.95 Å². The summed E-state index contributed by atoms with van der Waals surface area (Å²) < 4.78 is 6.19. The second kappa shape index (κ2) is 4.72. The van der Waals surface area contributed by atoms with Gasteiger partial charge in [0.25, 0.3) is 0 Å². The van der Waals surface area contributed by atoms with Crippen molar-refractivity contribution in [2.24, 2.45) is 0 Å². The van der Waals surface area contributed by atoms with Crippen molar-refractivity contribution in [3.8, 4) is 0 Å². The number of nitrogens with zero attached hydrogens (tertiary/aromatic N) is 1. The number of hydrogen-bond acceptors (Lipinski definition) is 3. The molecule has 1 rings (SSSR count). The molecule has 5 heteroatoms. The zero-order valence-electron chi connectivity index (χ0n) is 6.88. The molecule has 0 unspecified atom stereocenters. The van der Waals surface area contributed by atoms with Gasteiger partial charge >= 0.3 is 5.97 Å². The van der Waals surface area contributed by atoms with Crippen molar-refractivity contribution < 1.29 is 9.53 Å². The van der Waals surface area contributed by atoms with Crippen molar-refractivity contribution in [3.05, 3.63) is 26.9 Å². The number of methoxy groups -OCH3 is 1. The third-order valence-corrected chi connectivity index (χ3v) is 2.54. The van der Waals surface area contributed by atoms with Gasteiger partial charge in [-0.05, 0) is 37.9 Å². The van der Waals surface area contributed by atoms with Crippen LogP contribution in [-0.2, 0) is 16.0 Å². The van der Waals surface area contributed by atoms with E-state index >= 15 is 0 Å². The van der Waals surface area contributed by atoms with Crippen molar-refractivity contribution >= 4 is 37.8 Å². The van der Waals surface area contributed by atoms with E-state index in [1.54, 1.807) is 6.20 Å². The molecular formula is C8H7Br2NO2. The lowest BCUT2D eigenvalue weighted by atomic mass is 10.3. The second-order valence-electron chi connectivity index (χ2n) is 2.33. The van der Waals surface area contributed by atoms with Gasteiger partial charge in [-0.3, -0.25) is 9.78 Å². The standard InChI is InChI=1S/C8H7Br2NO2/c1-13-8(12)3-7-6(10)2-5(9)4-11-7/h2,4H,3H2,1H3. The molecule has 13 heavy (non-hydrogen) atoms. The molecule has 0 saturated heterocycles. The van der Waals surface area contributed by atoms with Crippen LogP contribution >= 0.6 is 31.9 Å². The molecule has 70 valence electrons. The third kappa shape index (κ3) is 3.08. The minimum Gasteiger partial charge on any atom is -0.469 e. The summed E-state index contributed by atoms with van der Waals surface area (Å²) in [4.78, 5) is 15.0. The normalized spacial score (nSPS) is 9.77. The van der Waals surface area contributed by atoms with Crippen LogP contribution in [0.5, 0.6) is 0 Å². The van der Waals surface area contributed by atoms with E-state index in [1.807, 2.05) is 6.07 Å². The van der Waals surface area contributed by atoms with Gasteiger partial charge in [-0.2, -0.15) is 0 Å². The summed E-state index contributed by atoms with van der Waals surface area (Å²) >= 11 is 6.58. The van der Waals surface area contributed by atoms with Crippen LogP contribution in [0.2, 0.25) is 0 Å². The summed E-state index contributed by atoms with van der Waals surface area (Å²) in [5.41, 5.74) is 0.676. The highest BCUT2D eigenvalue weighted by atomic mass is 79.9. The van der Waals surface area contributed by atoms with Gasteiger partial charge in [0.05, 0.1) is 19.2 Å². The fourth-order valence-electron chi connectivity index (χ4n) is 0.782. The maximum Gasteiger partial charge on any atom is 0.311 e. The first-order chi connectivity index (χ1) is 6.13. The van der Waals surface area contributed by atoms with Crippen molar-refractivity contribution in [2.75, 3.05) is 7.11 Å². The molecule has 0 fully saturated rings. The van der Waals surface area contributed by atoms with Gasteiger partial charge in [-0.15, -0.1) is 0 Å². The number of hydrogen-bond donors (Lipinski definition) is 0. The van der Waals surface area contributed by atoms with E-state index in [1.165, 1.54) is 7.11 Å². The molecule has 1 aromatic heterocycles. The van der Waals surface area contributed by atoms with Crippen molar-refractivity contribution in [1.82, 2.24) is 4.98 Å². The largest absolute Gasteiger partial charge is 0.469 e. The molecule has 0 aliphatic heterocycles. The molecule has 0 saturated carbocycles. The van der Waals surface area contributed by atoms with Gasteiger partial charge in [0.15, 0.2) is 0 Å². The summed E-state index contributed by atoms with van der Waals surface area (Å²) in [5.74, 6) is -0.296. The monoisotopic (exact) mass is 307 g/mol. The highest BCUT2D eigenvalue weighted by molar-refractivity contribution is 9.11. The Balaban J connectivity index is 2.83. The van der Waals surface area contributed by atoms with E-state index in [4.69, 9.17) is 0 Å². The second-order valence-corrected chi connectivity index (χ2v) is 4.10. The van der Waals surface area contributed by atoms with Crippen molar-refractivity contribution in [1.29, 1.82) is 0 Å². The zero-order chi connectivity index (χ0) is 9.84. The molecule has 0 aliphatic carbocycles. The lowest BCUT2D eigenvalue weighted by molar-refractivity contribution is -0.139. The summed E-state index contributed by atoms with van der Waals surface area (Å²) in [6.45, 7) is 0. The van der Waals surface area contributed by atoms with Crippen LogP contribution in [0.15, 0.2) is 21.2 Å². The molecule has 3 nitrogen and oxygen atoms in total. The molecule has 0 radical (unpaired) electrons. The lowest BCUT2D eigenvalue weighted by Crippen LogP contribution is -2.06. The van der Waals surface area contributed by atoms with E-state index in [0.29, 0.717) is 5.69 Å². The Hall–Kier alpha value is -0.420. The van der Waals surface area contributed by atoms with Crippen LogP contribution in [0.25, 0.3) is 0 Å². The first-order valence-electron chi connectivity index (χ1n) is 3.50. The Morgan fingerprint density at radius 3 is 2.85 bits per heavy atom. The fourth-order valence-corrected chi connectivity index (χ4v) is 1.91. The van der Waals surface area contributed by atoms with E-state index in [9.17, 15) is 4.79 Å². The van der Waals surface area contributed by atoms with Crippen LogP contribution in [0.4, 0.5) is 0 Å². The van der Waals surface area contributed by atoms with Crippen LogP contribution in [0.3, 0.4) is 0 Å². The van der Waals surface area contributed by atoms with Gasteiger partial charge in [-0.25, -0.2) is 0 Å². The SMILES string of the molecule is COC(=O)Cc1ncc(Br)cc1Br. The summed E-state index contributed by atoms with van der Waals surface area (Å²) in [7, 11) is 1.36. The molecule has 1 aromatic rings. The van der Waals surface area contributed by atoms with Crippen molar-refractivity contribution in [2.45, 2.75) is 6.42 Å². The van der Waals surface area contributed by atoms with Crippen LogP contribution in [0.1, 0.15) is 5.69 Å². The Bertz CT molecular complexity index is 328. The molecule has 0 atom stereocenters. The van der Waals surface area contributed by atoms with Crippen LogP contribution < -0.4 is 0 Å². The number of carbonyl (C=O) groups excluding carboxylic acids is 1. The van der Waals surface area contributed by atoms with Crippen molar-refractivity contribution in [3.63, 3.8) is 0 Å². The molecule has 1 heterocycles.